The summed E-state index contributed by atoms with van der Waals surface area (Å²) >= 11 is 6.12. The summed E-state index contributed by atoms with van der Waals surface area (Å²) in [4.78, 5) is 24.0. The molecule has 26 heavy (non-hydrogen) atoms. The number of halogens is 1. The van der Waals surface area contributed by atoms with Gasteiger partial charge in [-0.3, -0.25) is 0 Å². The highest BCUT2D eigenvalue weighted by Crippen LogP contribution is 2.43. The molecule has 136 valence electrons. The third kappa shape index (κ3) is 3.83. The van der Waals surface area contributed by atoms with Gasteiger partial charge < -0.3 is 15.4 Å². The predicted octanol–water partition coefficient (Wildman–Crippen LogP) is 4.37. The zero-order chi connectivity index (χ0) is 18.6. The van der Waals surface area contributed by atoms with Crippen molar-refractivity contribution in [2.75, 3.05) is 19.0 Å². The SMILES string of the molecule is COC(=O)c1ccc(Cl)c(NC(=O)NCC2(c3ccccc3)CCC2)c1. The van der Waals surface area contributed by atoms with E-state index in [1.165, 1.54) is 18.7 Å². The number of methoxy groups -OCH3 is 1. The van der Waals surface area contributed by atoms with Crippen LogP contribution in [0.2, 0.25) is 5.02 Å². The van der Waals surface area contributed by atoms with Gasteiger partial charge in [0.1, 0.15) is 0 Å². The Kier molecular flexibility index (Phi) is 5.47. The van der Waals surface area contributed by atoms with Gasteiger partial charge in [0, 0.05) is 12.0 Å². The molecule has 0 atom stereocenters. The number of rotatable bonds is 5. The number of anilines is 1. The summed E-state index contributed by atoms with van der Waals surface area (Å²) in [5.41, 5.74) is 1.94. The normalized spacial score (nSPS) is 14.8. The topological polar surface area (TPSA) is 67.4 Å². The zero-order valence-electron chi connectivity index (χ0n) is 14.5. The van der Waals surface area contributed by atoms with E-state index >= 15 is 0 Å². The first-order chi connectivity index (χ1) is 12.5. The van der Waals surface area contributed by atoms with Crippen molar-refractivity contribution in [1.82, 2.24) is 5.32 Å². The molecule has 1 aliphatic carbocycles. The fourth-order valence-electron chi connectivity index (χ4n) is 3.24. The van der Waals surface area contributed by atoms with Crippen molar-refractivity contribution in [3.63, 3.8) is 0 Å². The van der Waals surface area contributed by atoms with Gasteiger partial charge in [0.25, 0.3) is 0 Å². The van der Waals surface area contributed by atoms with Gasteiger partial charge in [-0.25, -0.2) is 9.59 Å². The Hall–Kier alpha value is -2.53. The largest absolute Gasteiger partial charge is 0.465 e. The first-order valence-corrected chi connectivity index (χ1v) is 8.90. The fraction of sp³-hybridized carbons (Fsp3) is 0.300. The van der Waals surface area contributed by atoms with E-state index in [4.69, 9.17) is 11.6 Å². The van der Waals surface area contributed by atoms with Crippen molar-refractivity contribution < 1.29 is 14.3 Å². The highest BCUT2D eigenvalue weighted by molar-refractivity contribution is 6.33. The van der Waals surface area contributed by atoms with Gasteiger partial charge in [-0.2, -0.15) is 0 Å². The minimum Gasteiger partial charge on any atom is -0.465 e. The number of amides is 2. The Morgan fingerprint density at radius 3 is 2.50 bits per heavy atom. The highest BCUT2D eigenvalue weighted by Gasteiger charge is 2.38. The van der Waals surface area contributed by atoms with Crippen LogP contribution < -0.4 is 10.6 Å². The van der Waals surface area contributed by atoms with Crippen molar-refractivity contribution in [3.05, 3.63) is 64.7 Å². The van der Waals surface area contributed by atoms with Crippen molar-refractivity contribution >= 4 is 29.3 Å². The molecule has 2 aromatic carbocycles. The lowest BCUT2D eigenvalue weighted by molar-refractivity contribution is 0.0600. The van der Waals surface area contributed by atoms with E-state index < -0.39 is 5.97 Å². The van der Waals surface area contributed by atoms with Crippen molar-refractivity contribution in [1.29, 1.82) is 0 Å². The first-order valence-electron chi connectivity index (χ1n) is 8.52. The van der Waals surface area contributed by atoms with E-state index in [9.17, 15) is 9.59 Å². The number of hydrogen-bond donors (Lipinski definition) is 2. The second kappa shape index (κ2) is 7.79. The van der Waals surface area contributed by atoms with Crippen molar-refractivity contribution in [3.8, 4) is 0 Å². The molecular formula is C20H21ClN2O3. The third-order valence-corrected chi connectivity index (χ3v) is 5.25. The lowest BCUT2D eigenvalue weighted by atomic mass is 9.64. The van der Waals surface area contributed by atoms with Gasteiger partial charge in [0.2, 0.25) is 0 Å². The Morgan fingerprint density at radius 2 is 1.88 bits per heavy atom. The van der Waals surface area contributed by atoms with Gasteiger partial charge in [-0.1, -0.05) is 48.4 Å². The number of carbonyl (C=O) groups is 2. The second-order valence-corrected chi connectivity index (χ2v) is 6.90. The molecule has 2 N–H and O–H groups in total. The minimum atomic E-state index is -0.484. The number of carbonyl (C=O) groups excluding carboxylic acids is 2. The van der Waals surface area contributed by atoms with E-state index in [2.05, 4.69) is 27.5 Å². The molecule has 2 amide bonds. The van der Waals surface area contributed by atoms with E-state index in [1.54, 1.807) is 12.1 Å². The Labute approximate surface area is 157 Å². The van der Waals surface area contributed by atoms with E-state index in [0.717, 1.165) is 19.3 Å². The maximum Gasteiger partial charge on any atom is 0.337 e. The number of hydrogen-bond acceptors (Lipinski definition) is 3. The van der Waals surface area contributed by atoms with Crippen LogP contribution in [-0.2, 0) is 10.2 Å². The predicted molar refractivity (Wildman–Crippen MR) is 102 cm³/mol. The molecule has 2 aromatic rings. The Balaban J connectivity index is 1.65. The van der Waals surface area contributed by atoms with Gasteiger partial charge in [0.05, 0.1) is 23.4 Å². The molecule has 0 radical (unpaired) electrons. The molecule has 0 saturated heterocycles. The van der Waals surface area contributed by atoms with Crippen LogP contribution in [-0.4, -0.2) is 25.7 Å². The first kappa shape index (κ1) is 18.3. The van der Waals surface area contributed by atoms with Gasteiger partial charge in [-0.05, 0) is 36.6 Å². The van der Waals surface area contributed by atoms with Gasteiger partial charge >= 0.3 is 12.0 Å². The molecule has 0 heterocycles. The average Bonchev–Trinajstić information content (AvgIpc) is 2.63. The smallest absolute Gasteiger partial charge is 0.337 e. The Bertz CT molecular complexity index is 804. The molecule has 1 fully saturated rings. The lowest BCUT2D eigenvalue weighted by Gasteiger charge is -2.42. The summed E-state index contributed by atoms with van der Waals surface area (Å²) in [6, 6.07) is 14.5. The zero-order valence-corrected chi connectivity index (χ0v) is 15.3. The maximum atomic E-state index is 12.3. The highest BCUT2D eigenvalue weighted by atomic mass is 35.5. The lowest BCUT2D eigenvalue weighted by Crippen LogP contribution is -2.46. The van der Waals surface area contributed by atoms with Crippen LogP contribution in [0.4, 0.5) is 10.5 Å². The molecule has 3 rings (SSSR count). The van der Waals surface area contributed by atoms with Crippen LogP contribution in [0.25, 0.3) is 0 Å². The van der Waals surface area contributed by atoms with Crippen molar-refractivity contribution in [2.45, 2.75) is 24.7 Å². The monoisotopic (exact) mass is 372 g/mol. The van der Waals surface area contributed by atoms with Crippen LogP contribution in [0.1, 0.15) is 35.2 Å². The quantitative estimate of drug-likeness (QED) is 0.766. The maximum absolute atomic E-state index is 12.3. The molecular weight excluding hydrogens is 352 g/mol. The molecule has 0 spiro atoms. The second-order valence-electron chi connectivity index (χ2n) is 6.49. The molecule has 0 aromatic heterocycles. The fourth-order valence-corrected chi connectivity index (χ4v) is 3.41. The van der Waals surface area contributed by atoms with Crippen molar-refractivity contribution in [2.24, 2.45) is 0 Å². The average molecular weight is 373 g/mol. The molecule has 1 aliphatic rings. The number of nitrogens with one attached hydrogen (secondary N) is 2. The number of esters is 1. The number of ether oxygens (including phenoxy) is 1. The summed E-state index contributed by atoms with van der Waals surface area (Å²) in [5, 5.41) is 6.01. The number of benzene rings is 2. The summed E-state index contributed by atoms with van der Waals surface area (Å²) < 4.78 is 4.69. The molecule has 5 nitrogen and oxygen atoms in total. The van der Waals surface area contributed by atoms with Crippen LogP contribution >= 0.6 is 11.6 Å². The molecule has 0 aliphatic heterocycles. The standard InChI is InChI=1S/C20H21ClN2O3/c1-26-18(24)14-8-9-16(21)17(12-14)23-19(25)22-13-20(10-5-11-20)15-6-3-2-4-7-15/h2-4,6-9,12H,5,10-11,13H2,1H3,(H2,22,23,25). The van der Waals surface area contributed by atoms with E-state index in [0.29, 0.717) is 22.8 Å². The minimum absolute atomic E-state index is 0.00371. The summed E-state index contributed by atoms with van der Waals surface area (Å²) in [6.07, 6.45) is 3.26. The summed E-state index contributed by atoms with van der Waals surface area (Å²) in [7, 11) is 1.30. The Morgan fingerprint density at radius 1 is 1.15 bits per heavy atom. The van der Waals surface area contributed by atoms with E-state index in [-0.39, 0.29) is 11.4 Å². The third-order valence-electron chi connectivity index (χ3n) is 4.92. The van der Waals surface area contributed by atoms with E-state index in [1.807, 2.05) is 18.2 Å². The van der Waals surface area contributed by atoms with Crippen LogP contribution in [0.3, 0.4) is 0 Å². The number of urea groups is 1. The summed E-state index contributed by atoms with van der Waals surface area (Å²) in [6.45, 7) is 0.553. The van der Waals surface area contributed by atoms with Crippen LogP contribution in [0, 0.1) is 0 Å². The molecule has 0 bridgehead atoms. The van der Waals surface area contributed by atoms with Crippen LogP contribution in [0.5, 0.6) is 0 Å². The van der Waals surface area contributed by atoms with Gasteiger partial charge in [0.15, 0.2) is 0 Å². The van der Waals surface area contributed by atoms with Gasteiger partial charge in [-0.15, -0.1) is 0 Å². The molecule has 1 saturated carbocycles. The molecule has 0 unspecified atom stereocenters. The van der Waals surface area contributed by atoms with Crippen LogP contribution in [0.15, 0.2) is 48.5 Å². The molecule has 6 heteroatoms. The summed E-state index contributed by atoms with van der Waals surface area (Å²) in [5.74, 6) is -0.484.